The van der Waals surface area contributed by atoms with E-state index in [1.54, 1.807) is 6.92 Å². The van der Waals surface area contributed by atoms with Crippen molar-refractivity contribution in [1.82, 2.24) is 30.2 Å². The Labute approximate surface area is 122 Å². The van der Waals surface area contributed by atoms with Gasteiger partial charge in [-0.25, -0.2) is 4.98 Å². The summed E-state index contributed by atoms with van der Waals surface area (Å²) in [6, 6.07) is 0. The largest absolute Gasteiger partial charge is 0.367 e. The van der Waals surface area contributed by atoms with Crippen molar-refractivity contribution >= 4 is 0 Å². The van der Waals surface area contributed by atoms with Gasteiger partial charge in [-0.05, 0) is 6.42 Å². The van der Waals surface area contributed by atoms with Crippen LogP contribution in [0.2, 0.25) is 0 Å². The maximum absolute atomic E-state index is 5.78. The summed E-state index contributed by atoms with van der Waals surface area (Å²) in [5.74, 6) is 2.94. The molecule has 0 saturated carbocycles. The Hall–Kier alpha value is -1.80. The molecule has 1 atom stereocenters. The van der Waals surface area contributed by atoms with Gasteiger partial charge in [-0.3, -0.25) is 10.00 Å². The number of rotatable bonds is 5. The molecule has 114 valence electrons. The van der Waals surface area contributed by atoms with Crippen molar-refractivity contribution < 1.29 is 9.26 Å². The molecule has 1 fully saturated rings. The van der Waals surface area contributed by atoms with E-state index >= 15 is 0 Å². The van der Waals surface area contributed by atoms with Crippen LogP contribution in [-0.2, 0) is 17.7 Å². The molecule has 3 rings (SSSR count). The summed E-state index contributed by atoms with van der Waals surface area (Å²) in [6.45, 7) is 6.80. The van der Waals surface area contributed by atoms with Crippen LogP contribution >= 0.6 is 0 Å². The van der Waals surface area contributed by atoms with Crippen molar-refractivity contribution in [1.29, 1.82) is 0 Å². The van der Waals surface area contributed by atoms with Gasteiger partial charge in [0, 0.05) is 26.4 Å². The van der Waals surface area contributed by atoms with E-state index in [2.05, 4.69) is 37.1 Å². The minimum absolute atomic E-state index is 0.103. The number of aromatic nitrogens is 5. The van der Waals surface area contributed by atoms with E-state index in [0.717, 1.165) is 37.6 Å². The molecule has 1 saturated heterocycles. The van der Waals surface area contributed by atoms with Crippen LogP contribution in [0.4, 0.5) is 0 Å². The van der Waals surface area contributed by atoms with E-state index in [-0.39, 0.29) is 6.10 Å². The van der Waals surface area contributed by atoms with E-state index in [1.807, 2.05) is 0 Å². The summed E-state index contributed by atoms with van der Waals surface area (Å²) >= 11 is 0. The van der Waals surface area contributed by atoms with Gasteiger partial charge in [0.25, 0.3) is 0 Å². The SMILES string of the molecule is CCCc1nc(C2CN(Cc3noc(C)n3)CCO2)n[nH]1. The highest BCUT2D eigenvalue weighted by Crippen LogP contribution is 2.20. The standard InChI is InChI=1S/C13H20N6O2/c1-3-4-11-15-13(17-16-11)10-7-19(5-6-20-10)8-12-14-9(2)21-18-12/h10H,3-8H2,1-2H3,(H,15,16,17). The number of hydrogen-bond donors (Lipinski definition) is 1. The molecule has 0 amide bonds. The van der Waals surface area contributed by atoms with Crippen molar-refractivity contribution in [3.63, 3.8) is 0 Å². The molecule has 1 aliphatic rings. The number of morpholine rings is 1. The fourth-order valence-corrected chi connectivity index (χ4v) is 2.41. The van der Waals surface area contributed by atoms with E-state index in [1.165, 1.54) is 0 Å². The molecule has 0 aliphatic carbocycles. The molecular formula is C13H20N6O2. The first-order valence-corrected chi connectivity index (χ1v) is 7.29. The summed E-state index contributed by atoms with van der Waals surface area (Å²) in [4.78, 5) is 11.0. The molecule has 21 heavy (non-hydrogen) atoms. The summed E-state index contributed by atoms with van der Waals surface area (Å²) in [6.07, 6.45) is 1.85. The van der Waals surface area contributed by atoms with Crippen molar-refractivity contribution in [2.75, 3.05) is 19.7 Å². The van der Waals surface area contributed by atoms with Crippen LogP contribution in [0, 0.1) is 6.92 Å². The average Bonchev–Trinajstić information content (AvgIpc) is 3.09. The summed E-state index contributed by atoms with van der Waals surface area (Å²) in [5.41, 5.74) is 0. The van der Waals surface area contributed by atoms with Gasteiger partial charge >= 0.3 is 0 Å². The second-order valence-electron chi connectivity index (χ2n) is 5.21. The van der Waals surface area contributed by atoms with Gasteiger partial charge in [0.2, 0.25) is 5.89 Å². The molecule has 1 aliphatic heterocycles. The fourth-order valence-electron chi connectivity index (χ4n) is 2.41. The number of aromatic amines is 1. The van der Waals surface area contributed by atoms with Crippen molar-refractivity contribution in [2.45, 2.75) is 39.3 Å². The monoisotopic (exact) mass is 292 g/mol. The van der Waals surface area contributed by atoms with Gasteiger partial charge in [-0.2, -0.15) is 10.1 Å². The third kappa shape index (κ3) is 3.45. The van der Waals surface area contributed by atoms with Crippen molar-refractivity contribution in [2.24, 2.45) is 0 Å². The Morgan fingerprint density at radius 3 is 3.05 bits per heavy atom. The fraction of sp³-hybridized carbons (Fsp3) is 0.692. The second-order valence-corrected chi connectivity index (χ2v) is 5.21. The summed E-state index contributed by atoms with van der Waals surface area (Å²) in [7, 11) is 0. The molecular weight excluding hydrogens is 272 g/mol. The minimum atomic E-state index is -0.103. The lowest BCUT2D eigenvalue weighted by Gasteiger charge is -2.30. The molecule has 2 aromatic rings. The zero-order valence-corrected chi connectivity index (χ0v) is 12.4. The Morgan fingerprint density at radius 2 is 2.29 bits per heavy atom. The molecule has 8 nitrogen and oxygen atoms in total. The smallest absolute Gasteiger partial charge is 0.223 e. The van der Waals surface area contributed by atoms with Crippen LogP contribution in [0.25, 0.3) is 0 Å². The highest BCUT2D eigenvalue weighted by atomic mass is 16.5. The first-order chi connectivity index (χ1) is 10.2. The predicted octanol–water partition coefficient (Wildman–Crippen LogP) is 1.02. The van der Waals surface area contributed by atoms with Gasteiger partial charge in [0.05, 0.1) is 13.2 Å². The quantitative estimate of drug-likeness (QED) is 0.879. The lowest BCUT2D eigenvalue weighted by Crippen LogP contribution is -2.38. The van der Waals surface area contributed by atoms with Gasteiger partial charge < -0.3 is 9.26 Å². The van der Waals surface area contributed by atoms with Crippen LogP contribution in [-0.4, -0.2) is 49.9 Å². The Bertz CT molecular complexity index is 581. The van der Waals surface area contributed by atoms with Gasteiger partial charge in [0.1, 0.15) is 11.9 Å². The molecule has 1 N–H and O–H groups in total. The lowest BCUT2D eigenvalue weighted by molar-refractivity contribution is -0.0379. The number of aryl methyl sites for hydroxylation is 2. The molecule has 0 spiro atoms. The lowest BCUT2D eigenvalue weighted by atomic mass is 10.2. The minimum Gasteiger partial charge on any atom is -0.367 e. The highest BCUT2D eigenvalue weighted by molar-refractivity contribution is 4.97. The van der Waals surface area contributed by atoms with Crippen LogP contribution < -0.4 is 0 Å². The maximum Gasteiger partial charge on any atom is 0.223 e. The van der Waals surface area contributed by atoms with Gasteiger partial charge in [-0.1, -0.05) is 12.1 Å². The van der Waals surface area contributed by atoms with Crippen LogP contribution in [0.5, 0.6) is 0 Å². The number of nitrogens with zero attached hydrogens (tertiary/aromatic N) is 5. The Balaban J connectivity index is 1.61. The Kier molecular flexibility index (Phi) is 4.26. The van der Waals surface area contributed by atoms with E-state index in [0.29, 0.717) is 24.9 Å². The van der Waals surface area contributed by atoms with Gasteiger partial charge in [0.15, 0.2) is 11.6 Å². The molecule has 8 heteroatoms. The van der Waals surface area contributed by atoms with E-state index < -0.39 is 0 Å². The number of nitrogens with one attached hydrogen (secondary N) is 1. The predicted molar refractivity (Wildman–Crippen MR) is 73.4 cm³/mol. The highest BCUT2D eigenvalue weighted by Gasteiger charge is 2.26. The zero-order valence-electron chi connectivity index (χ0n) is 12.4. The number of hydrogen-bond acceptors (Lipinski definition) is 7. The van der Waals surface area contributed by atoms with E-state index in [9.17, 15) is 0 Å². The zero-order chi connectivity index (χ0) is 14.7. The van der Waals surface area contributed by atoms with Crippen molar-refractivity contribution in [3.8, 4) is 0 Å². The van der Waals surface area contributed by atoms with Crippen LogP contribution in [0.1, 0.15) is 42.8 Å². The molecule has 0 bridgehead atoms. The third-order valence-corrected chi connectivity index (χ3v) is 3.41. The number of H-pyrrole nitrogens is 1. The third-order valence-electron chi connectivity index (χ3n) is 3.41. The maximum atomic E-state index is 5.78. The molecule has 1 unspecified atom stereocenters. The number of ether oxygens (including phenoxy) is 1. The van der Waals surface area contributed by atoms with Crippen molar-refractivity contribution in [3.05, 3.63) is 23.4 Å². The topological polar surface area (TPSA) is 93.0 Å². The normalized spacial score (nSPS) is 20.0. The summed E-state index contributed by atoms with van der Waals surface area (Å²) < 4.78 is 10.8. The van der Waals surface area contributed by atoms with Crippen LogP contribution in [0.15, 0.2) is 4.52 Å². The average molecular weight is 292 g/mol. The van der Waals surface area contributed by atoms with E-state index in [4.69, 9.17) is 9.26 Å². The van der Waals surface area contributed by atoms with Crippen LogP contribution in [0.3, 0.4) is 0 Å². The first kappa shape index (κ1) is 14.2. The van der Waals surface area contributed by atoms with Gasteiger partial charge in [-0.15, -0.1) is 0 Å². The second kappa shape index (κ2) is 6.31. The molecule has 3 heterocycles. The molecule has 0 radical (unpaired) electrons. The first-order valence-electron chi connectivity index (χ1n) is 7.29. The summed E-state index contributed by atoms with van der Waals surface area (Å²) in [5, 5.41) is 11.2. The molecule has 0 aromatic carbocycles. The molecule has 2 aromatic heterocycles. The Morgan fingerprint density at radius 1 is 1.38 bits per heavy atom.